The predicted octanol–water partition coefficient (Wildman–Crippen LogP) is 3.83. The first-order valence-electron chi connectivity index (χ1n) is 11.3. The van der Waals surface area contributed by atoms with Crippen molar-refractivity contribution in [2.24, 2.45) is 5.73 Å². The molecule has 0 radical (unpaired) electrons. The Bertz CT molecular complexity index is 1180. The quantitative estimate of drug-likeness (QED) is 0.594. The predicted molar refractivity (Wildman–Crippen MR) is 127 cm³/mol. The van der Waals surface area contributed by atoms with Gasteiger partial charge in [0, 0.05) is 24.4 Å². The lowest BCUT2D eigenvalue weighted by atomic mass is 9.90. The van der Waals surface area contributed by atoms with Crippen molar-refractivity contribution >= 4 is 22.7 Å². The van der Waals surface area contributed by atoms with Crippen molar-refractivity contribution in [3.05, 3.63) is 65.4 Å². The number of aryl methyl sites for hydroxylation is 1. The first kappa shape index (κ1) is 22.6. The molecule has 0 spiro atoms. The Kier molecular flexibility index (Phi) is 6.77. The van der Waals surface area contributed by atoms with Gasteiger partial charge >= 0.3 is 0 Å². The van der Waals surface area contributed by atoms with Gasteiger partial charge in [0.1, 0.15) is 0 Å². The highest BCUT2D eigenvalue weighted by molar-refractivity contribution is 5.97. The molecule has 1 fully saturated rings. The van der Waals surface area contributed by atoms with Crippen LogP contribution in [0.15, 0.2) is 48.5 Å². The summed E-state index contributed by atoms with van der Waals surface area (Å²) >= 11 is 0. The molecule has 2 heterocycles. The molecule has 1 aliphatic heterocycles. The van der Waals surface area contributed by atoms with Crippen LogP contribution >= 0.6 is 0 Å². The third kappa shape index (κ3) is 5.08. The number of amides is 2. The normalized spacial score (nSPS) is 15.9. The first-order valence-corrected chi connectivity index (χ1v) is 11.3. The second kappa shape index (κ2) is 9.90. The van der Waals surface area contributed by atoms with Crippen LogP contribution < -0.4 is 15.2 Å². The van der Waals surface area contributed by atoms with E-state index in [1.54, 1.807) is 11.0 Å². The molecule has 4 rings (SSSR count). The third-order valence-electron chi connectivity index (χ3n) is 5.93. The number of pyridine rings is 1. The molecule has 172 valence electrons. The number of benzene rings is 2. The molecule has 0 aliphatic carbocycles. The molecule has 1 aromatic heterocycles. The van der Waals surface area contributed by atoms with Gasteiger partial charge in [0.15, 0.2) is 18.1 Å². The van der Waals surface area contributed by atoms with Crippen LogP contribution in [0.1, 0.15) is 47.3 Å². The van der Waals surface area contributed by atoms with E-state index in [0.29, 0.717) is 42.5 Å². The standard InChI is InChI=1S/C26H29N3O4/c1-3-32-23-13-17(2)10-11-22(23)33-16-24(30)29-12-6-8-19(15-29)25-20(26(27)31)14-18-7-4-5-9-21(18)28-25/h4-5,7,9-11,13-14,19H,3,6,8,12,15-16H2,1-2H3,(H2,27,31)/t19-/m1/s1. The van der Waals surface area contributed by atoms with Gasteiger partial charge in [-0.15, -0.1) is 0 Å². The molecule has 1 atom stereocenters. The van der Waals surface area contributed by atoms with Crippen molar-refractivity contribution in [3.8, 4) is 11.5 Å². The van der Waals surface area contributed by atoms with E-state index in [0.717, 1.165) is 29.3 Å². The molecule has 2 amide bonds. The lowest BCUT2D eigenvalue weighted by Crippen LogP contribution is -2.42. The Morgan fingerprint density at radius 2 is 1.94 bits per heavy atom. The molecule has 33 heavy (non-hydrogen) atoms. The van der Waals surface area contributed by atoms with Gasteiger partial charge in [-0.3, -0.25) is 14.6 Å². The lowest BCUT2D eigenvalue weighted by Gasteiger charge is -2.33. The fourth-order valence-electron chi connectivity index (χ4n) is 4.30. The summed E-state index contributed by atoms with van der Waals surface area (Å²) in [5, 5.41) is 0.871. The molecule has 7 heteroatoms. The largest absolute Gasteiger partial charge is 0.490 e. The van der Waals surface area contributed by atoms with Gasteiger partial charge < -0.3 is 20.1 Å². The number of piperidine rings is 1. The van der Waals surface area contributed by atoms with Gasteiger partial charge in [-0.25, -0.2) is 0 Å². The van der Waals surface area contributed by atoms with E-state index < -0.39 is 5.91 Å². The zero-order valence-electron chi connectivity index (χ0n) is 19.0. The summed E-state index contributed by atoms with van der Waals surface area (Å²) in [6.07, 6.45) is 1.65. The Balaban J connectivity index is 1.49. The van der Waals surface area contributed by atoms with Crippen LogP contribution in [-0.2, 0) is 4.79 Å². The Morgan fingerprint density at radius 1 is 1.12 bits per heavy atom. The van der Waals surface area contributed by atoms with Crippen molar-refractivity contribution in [2.75, 3.05) is 26.3 Å². The number of nitrogens with zero attached hydrogens (tertiary/aromatic N) is 2. The highest BCUT2D eigenvalue weighted by Crippen LogP contribution is 2.31. The number of fused-ring (bicyclic) bond motifs is 1. The number of primary amides is 1. The van der Waals surface area contributed by atoms with E-state index in [1.807, 2.05) is 56.3 Å². The zero-order valence-corrected chi connectivity index (χ0v) is 19.0. The molecule has 1 saturated heterocycles. The van der Waals surface area contributed by atoms with Crippen molar-refractivity contribution in [3.63, 3.8) is 0 Å². The fourth-order valence-corrected chi connectivity index (χ4v) is 4.30. The van der Waals surface area contributed by atoms with E-state index in [9.17, 15) is 9.59 Å². The number of hydrogen-bond donors (Lipinski definition) is 1. The summed E-state index contributed by atoms with van der Waals surface area (Å²) in [6.45, 7) is 5.44. The number of hydrogen-bond acceptors (Lipinski definition) is 5. The Hall–Kier alpha value is -3.61. The molecular formula is C26H29N3O4. The smallest absolute Gasteiger partial charge is 0.260 e. The average Bonchev–Trinajstić information content (AvgIpc) is 2.82. The molecule has 2 N–H and O–H groups in total. The fraction of sp³-hybridized carbons (Fsp3) is 0.346. The Labute approximate surface area is 193 Å². The van der Waals surface area contributed by atoms with Crippen LogP contribution in [0, 0.1) is 6.92 Å². The summed E-state index contributed by atoms with van der Waals surface area (Å²) < 4.78 is 11.5. The van der Waals surface area contributed by atoms with Gasteiger partial charge in [0.25, 0.3) is 11.8 Å². The minimum Gasteiger partial charge on any atom is -0.490 e. The summed E-state index contributed by atoms with van der Waals surface area (Å²) in [7, 11) is 0. The van der Waals surface area contributed by atoms with Crippen LogP contribution in [-0.4, -0.2) is 48.0 Å². The summed E-state index contributed by atoms with van der Waals surface area (Å²) in [4.78, 5) is 31.7. The van der Waals surface area contributed by atoms with Crippen LogP contribution in [0.2, 0.25) is 0 Å². The monoisotopic (exact) mass is 447 g/mol. The average molecular weight is 448 g/mol. The number of nitrogens with two attached hydrogens (primary N) is 1. The number of rotatable bonds is 7. The number of carbonyl (C=O) groups excluding carboxylic acids is 2. The Morgan fingerprint density at radius 3 is 2.73 bits per heavy atom. The zero-order chi connectivity index (χ0) is 23.4. The molecule has 0 unspecified atom stereocenters. The van der Waals surface area contributed by atoms with E-state index >= 15 is 0 Å². The molecule has 3 aromatic rings. The van der Waals surface area contributed by atoms with Gasteiger partial charge in [-0.1, -0.05) is 24.3 Å². The highest BCUT2D eigenvalue weighted by atomic mass is 16.5. The topological polar surface area (TPSA) is 94.8 Å². The molecule has 1 aliphatic rings. The summed E-state index contributed by atoms with van der Waals surface area (Å²) in [6, 6.07) is 15.1. The molecule has 0 bridgehead atoms. The van der Waals surface area contributed by atoms with E-state index in [2.05, 4.69) is 0 Å². The number of ether oxygens (including phenoxy) is 2. The second-order valence-corrected chi connectivity index (χ2v) is 8.33. The van der Waals surface area contributed by atoms with Crippen molar-refractivity contribution in [1.29, 1.82) is 0 Å². The minimum absolute atomic E-state index is 0.0619. The number of aromatic nitrogens is 1. The van der Waals surface area contributed by atoms with Gasteiger partial charge in [0.05, 0.1) is 23.4 Å². The SMILES string of the molecule is CCOc1cc(C)ccc1OCC(=O)N1CCC[C@@H](c2nc3ccccc3cc2C(N)=O)C1. The van der Waals surface area contributed by atoms with Crippen LogP contribution in [0.3, 0.4) is 0 Å². The van der Waals surface area contributed by atoms with Crippen LogP contribution in [0.4, 0.5) is 0 Å². The van der Waals surface area contributed by atoms with Gasteiger partial charge in [-0.2, -0.15) is 0 Å². The first-order chi connectivity index (χ1) is 16.0. The maximum Gasteiger partial charge on any atom is 0.260 e. The highest BCUT2D eigenvalue weighted by Gasteiger charge is 2.29. The molecular weight excluding hydrogens is 418 g/mol. The minimum atomic E-state index is -0.502. The van der Waals surface area contributed by atoms with Crippen molar-refractivity contribution in [1.82, 2.24) is 9.88 Å². The van der Waals surface area contributed by atoms with Crippen molar-refractivity contribution < 1.29 is 19.1 Å². The van der Waals surface area contributed by atoms with E-state index in [1.165, 1.54) is 0 Å². The maximum absolute atomic E-state index is 13.0. The summed E-state index contributed by atoms with van der Waals surface area (Å²) in [5.74, 6) is 0.514. The second-order valence-electron chi connectivity index (χ2n) is 8.33. The van der Waals surface area contributed by atoms with Crippen molar-refractivity contribution in [2.45, 2.75) is 32.6 Å². The van der Waals surface area contributed by atoms with Crippen LogP contribution in [0.5, 0.6) is 11.5 Å². The van der Waals surface area contributed by atoms with E-state index in [-0.39, 0.29) is 18.4 Å². The molecule has 7 nitrogen and oxygen atoms in total. The molecule has 2 aromatic carbocycles. The third-order valence-corrected chi connectivity index (χ3v) is 5.93. The van der Waals surface area contributed by atoms with Gasteiger partial charge in [0.2, 0.25) is 0 Å². The maximum atomic E-state index is 13.0. The number of para-hydroxylation sites is 1. The van der Waals surface area contributed by atoms with Gasteiger partial charge in [-0.05, 0) is 56.5 Å². The molecule has 0 saturated carbocycles. The lowest BCUT2D eigenvalue weighted by molar-refractivity contribution is -0.134. The number of likely N-dealkylation sites (tertiary alicyclic amines) is 1. The number of carbonyl (C=O) groups is 2. The van der Waals surface area contributed by atoms with Crippen LogP contribution in [0.25, 0.3) is 10.9 Å². The summed E-state index contributed by atoms with van der Waals surface area (Å²) in [5.41, 5.74) is 8.63. The van der Waals surface area contributed by atoms with E-state index in [4.69, 9.17) is 20.2 Å².